The highest BCUT2D eigenvalue weighted by molar-refractivity contribution is 7.18. The predicted molar refractivity (Wildman–Crippen MR) is 133 cm³/mol. The van der Waals surface area contributed by atoms with E-state index in [4.69, 9.17) is 0 Å². The number of carbonyl (C=O) groups excluding carboxylic acids is 2. The smallest absolute Gasteiger partial charge is 0.342 e. The molecule has 1 unspecified atom stereocenters. The summed E-state index contributed by atoms with van der Waals surface area (Å²) in [7, 11) is 0. The Labute approximate surface area is 209 Å². The average molecular weight is 513 g/mol. The van der Waals surface area contributed by atoms with Crippen LogP contribution in [0.25, 0.3) is 10.6 Å². The molecule has 1 N–H and O–H groups in total. The lowest BCUT2D eigenvalue weighted by molar-refractivity contribution is -0.137. The fraction of sp³-hybridized carbons (Fsp3) is 0.600. The van der Waals surface area contributed by atoms with Gasteiger partial charge in [-0.15, -0.1) is 10.2 Å². The number of anilines is 1. The van der Waals surface area contributed by atoms with Crippen molar-refractivity contribution in [2.75, 3.05) is 18.4 Å². The first-order chi connectivity index (χ1) is 16.3. The van der Waals surface area contributed by atoms with E-state index in [1.165, 1.54) is 12.1 Å². The normalized spacial score (nSPS) is 12.9. The van der Waals surface area contributed by atoms with Gasteiger partial charge in [-0.1, -0.05) is 64.5 Å². The van der Waals surface area contributed by atoms with Crippen LogP contribution < -0.4 is 5.32 Å². The zero-order valence-electron chi connectivity index (χ0n) is 21.0. The first-order valence-corrected chi connectivity index (χ1v) is 12.7. The fourth-order valence-electron chi connectivity index (χ4n) is 3.87. The maximum Gasteiger partial charge on any atom is 0.416 e. The second-order valence-corrected chi connectivity index (χ2v) is 11.1. The Balaban J connectivity index is 1.93. The molecule has 2 amide bonds. The number of halogens is 3. The van der Waals surface area contributed by atoms with Crippen LogP contribution in [-0.4, -0.2) is 40.0 Å². The van der Waals surface area contributed by atoms with E-state index >= 15 is 0 Å². The van der Waals surface area contributed by atoms with Crippen molar-refractivity contribution in [3.8, 4) is 10.6 Å². The van der Waals surface area contributed by atoms with E-state index in [1.807, 2.05) is 0 Å². The Morgan fingerprint density at radius 2 is 1.74 bits per heavy atom. The van der Waals surface area contributed by atoms with Gasteiger partial charge >= 0.3 is 6.18 Å². The van der Waals surface area contributed by atoms with E-state index in [-0.39, 0.29) is 34.7 Å². The highest BCUT2D eigenvalue weighted by Gasteiger charge is 2.30. The molecule has 0 aliphatic carbocycles. The number of nitrogens with one attached hydrogen (secondary N) is 1. The van der Waals surface area contributed by atoms with Gasteiger partial charge in [0.1, 0.15) is 5.01 Å². The minimum atomic E-state index is -4.41. The largest absolute Gasteiger partial charge is 0.416 e. The van der Waals surface area contributed by atoms with E-state index in [9.17, 15) is 22.8 Å². The number of benzene rings is 1. The predicted octanol–water partition coefficient (Wildman–Crippen LogP) is 6.64. The molecule has 1 atom stereocenters. The second-order valence-electron chi connectivity index (χ2n) is 10.1. The molecule has 2 aromatic rings. The minimum absolute atomic E-state index is 0.0588. The van der Waals surface area contributed by atoms with Crippen molar-refractivity contribution < 1.29 is 22.8 Å². The van der Waals surface area contributed by atoms with E-state index in [0.717, 1.165) is 42.7 Å². The van der Waals surface area contributed by atoms with E-state index in [2.05, 4.69) is 50.1 Å². The van der Waals surface area contributed by atoms with Crippen molar-refractivity contribution in [3.63, 3.8) is 0 Å². The van der Waals surface area contributed by atoms with Crippen molar-refractivity contribution in [2.24, 2.45) is 11.3 Å². The van der Waals surface area contributed by atoms with Crippen LogP contribution in [0, 0.1) is 11.3 Å². The van der Waals surface area contributed by atoms with Crippen molar-refractivity contribution in [2.45, 2.75) is 72.9 Å². The number of alkyl halides is 3. The van der Waals surface area contributed by atoms with Gasteiger partial charge in [-0.05, 0) is 36.3 Å². The summed E-state index contributed by atoms with van der Waals surface area (Å²) in [6, 6.07) is 4.62. The summed E-state index contributed by atoms with van der Waals surface area (Å²) in [4.78, 5) is 27.1. The van der Waals surface area contributed by atoms with E-state index in [0.29, 0.717) is 30.1 Å². The zero-order chi connectivity index (χ0) is 26.2. The molecule has 2 rings (SSSR count). The van der Waals surface area contributed by atoms with Crippen LogP contribution in [-0.2, 0) is 15.8 Å². The Morgan fingerprint density at radius 3 is 2.31 bits per heavy atom. The monoisotopic (exact) mass is 512 g/mol. The fourth-order valence-corrected chi connectivity index (χ4v) is 4.63. The lowest BCUT2D eigenvalue weighted by atomic mass is 9.84. The third-order valence-corrected chi connectivity index (χ3v) is 6.25. The van der Waals surface area contributed by atoms with E-state index in [1.54, 1.807) is 4.90 Å². The topological polar surface area (TPSA) is 75.2 Å². The molecule has 0 aliphatic rings. The number of hydrogen-bond donors (Lipinski definition) is 1. The number of nitrogens with zero attached hydrogens (tertiary/aromatic N) is 3. The molecular weight excluding hydrogens is 477 g/mol. The Hall–Kier alpha value is -2.49. The molecule has 0 radical (unpaired) electrons. The first kappa shape index (κ1) is 28.7. The standard InChI is InChI=1S/C25H35F3N4O2S/c1-6-7-13-32(21(34)15-17(2)16-24(3,4)5)14-12-20(33)29-23-31-30-22(35-23)18-8-10-19(11-9-18)25(26,27)28/h8-11,17H,6-7,12-16H2,1-5H3,(H,29,31,33). The van der Waals surface area contributed by atoms with Gasteiger partial charge in [0.25, 0.3) is 0 Å². The Bertz CT molecular complexity index is 968. The number of unbranched alkanes of at least 4 members (excludes halogenated alkanes) is 1. The Morgan fingerprint density at radius 1 is 1.09 bits per heavy atom. The van der Waals surface area contributed by atoms with Crippen LogP contribution in [0.5, 0.6) is 0 Å². The first-order valence-electron chi connectivity index (χ1n) is 11.9. The minimum Gasteiger partial charge on any atom is -0.342 e. The number of hydrogen-bond acceptors (Lipinski definition) is 5. The highest BCUT2D eigenvalue weighted by Crippen LogP contribution is 2.32. The molecule has 0 saturated carbocycles. The van der Waals surface area contributed by atoms with Crippen molar-refractivity contribution >= 4 is 28.3 Å². The lowest BCUT2D eigenvalue weighted by Gasteiger charge is -2.27. The molecule has 0 spiro atoms. The number of amides is 2. The van der Waals surface area contributed by atoms with Gasteiger partial charge in [0, 0.05) is 31.5 Å². The van der Waals surface area contributed by atoms with Gasteiger partial charge < -0.3 is 10.2 Å². The SMILES string of the molecule is CCCCN(CCC(=O)Nc1nnc(-c2ccc(C(F)(F)F)cc2)s1)C(=O)CC(C)CC(C)(C)C. The van der Waals surface area contributed by atoms with Crippen molar-refractivity contribution in [1.82, 2.24) is 15.1 Å². The van der Waals surface area contributed by atoms with Crippen LogP contribution in [0.3, 0.4) is 0 Å². The molecule has 0 saturated heterocycles. The van der Waals surface area contributed by atoms with Gasteiger partial charge in [-0.3, -0.25) is 9.59 Å². The summed E-state index contributed by atoms with van der Waals surface area (Å²) in [5, 5.41) is 11.2. The van der Waals surface area contributed by atoms with Crippen molar-refractivity contribution in [3.05, 3.63) is 29.8 Å². The summed E-state index contributed by atoms with van der Waals surface area (Å²) >= 11 is 1.08. The van der Waals surface area contributed by atoms with Crippen LogP contribution in [0.15, 0.2) is 24.3 Å². The van der Waals surface area contributed by atoms with Crippen LogP contribution >= 0.6 is 11.3 Å². The number of aromatic nitrogens is 2. The zero-order valence-corrected chi connectivity index (χ0v) is 21.9. The maximum atomic E-state index is 12.9. The lowest BCUT2D eigenvalue weighted by Crippen LogP contribution is -2.35. The third kappa shape index (κ3) is 9.95. The average Bonchev–Trinajstić information content (AvgIpc) is 3.20. The molecule has 1 aromatic heterocycles. The molecule has 0 fully saturated rings. The third-order valence-electron chi connectivity index (χ3n) is 5.36. The summed E-state index contributed by atoms with van der Waals surface area (Å²) in [6.07, 6.45) is -1.07. The molecule has 1 aromatic carbocycles. The second kappa shape index (κ2) is 12.5. The van der Waals surface area contributed by atoms with Crippen LogP contribution in [0.4, 0.5) is 18.3 Å². The molecule has 0 aliphatic heterocycles. The number of carbonyl (C=O) groups is 2. The molecule has 194 valence electrons. The van der Waals surface area contributed by atoms with Gasteiger partial charge in [0.2, 0.25) is 16.9 Å². The molecule has 35 heavy (non-hydrogen) atoms. The summed E-state index contributed by atoms with van der Waals surface area (Å²) in [5.74, 6) is 0.0196. The molecular formula is C25H35F3N4O2S. The van der Waals surface area contributed by atoms with Crippen LogP contribution in [0.1, 0.15) is 72.3 Å². The summed E-state index contributed by atoms with van der Waals surface area (Å²) in [6.45, 7) is 11.5. The molecule has 0 bridgehead atoms. The molecule has 10 heteroatoms. The summed E-state index contributed by atoms with van der Waals surface area (Å²) in [5.41, 5.74) is -0.111. The number of rotatable bonds is 11. The quantitative estimate of drug-likeness (QED) is 0.366. The van der Waals surface area contributed by atoms with Crippen molar-refractivity contribution in [1.29, 1.82) is 0 Å². The highest BCUT2D eigenvalue weighted by atomic mass is 32.1. The molecule has 1 heterocycles. The van der Waals surface area contributed by atoms with Gasteiger partial charge in [-0.25, -0.2) is 0 Å². The van der Waals surface area contributed by atoms with Gasteiger partial charge in [-0.2, -0.15) is 13.2 Å². The molecule has 6 nitrogen and oxygen atoms in total. The van der Waals surface area contributed by atoms with E-state index < -0.39 is 11.7 Å². The van der Waals surface area contributed by atoms with Crippen LogP contribution in [0.2, 0.25) is 0 Å². The Kier molecular flexibility index (Phi) is 10.2. The maximum absolute atomic E-state index is 12.9. The van der Waals surface area contributed by atoms with Gasteiger partial charge in [0.05, 0.1) is 5.56 Å². The summed E-state index contributed by atoms with van der Waals surface area (Å²) < 4.78 is 38.2. The van der Waals surface area contributed by atoms with Gasteiger partial charge in [0.15, 0.2) is 0 Å².